The number of rotatable bonds is 2. The molecule has 0 unspecified atom stereocenters. The van der Waals surface area contributed by atoms with Crippen LogP contribution in [-0.4, -0.2) is 19.2 Å². The highest BCUT2D eigenvalue weighted by Gasteiger charge is 2.21. The van der Waals surface area contributed by atoms with Crippen LogP contribution in [0.3, 0.4) is 0 Å². The van der Waals surface area contributed by atoms with E-state index >= 15 is 0 Å². The first-order valence-corrected chi connectivity index (χ1v) is 5.89. The summed E-state index contributed by atoms with van der Waals surface area (Å²) in [6.45, 7) is 0. The van der Waals surface area contributed by atoms with Crippen LogP contribution in [0.2, 0.25) is 0 Å². The highest BCUT2D eigenvalue weighted by atomic mass is 16.5. The first-order chi connectivity index (χ1) is 9.65. The molecule has 6 heteroatoms. The Hall–Kier alpha value is -2.76. The maximum atomic E-state index is 11.9. The molecule has 1 aromatic carbocycles. The van der Waals surface area contributed by atoms with E-state index in [0.717, 1.165) is 0 Å². The number of fused-ring (bicyclic) bond motifs is 2. The lowest BCUT2D eigenvalue weighted by atomic mass is 10.1. The van der Waals surface area contributed by atoms with Crippen LogP contribution < -0.4 is 20.6 Å². The van der Waals surface area contributed by atoms with Crippen LogP contribution in [0.25, 0.3) is 22.6 Å². The Bertz CT molecular complexity index is 825. The molecule has 2 N–H and O–H groups in total. The Morgan fingerprint density at radius 1 is 1.25 bits per heavy atom. The number of benzene rings is 2. The summed E-state index contributed by atoms with van der Waals surface area (Å²) in [6, 6.07) is 6.82. The normalized spacial score (nSPS) is 10.9. The zero-order chi connectivity index (χ0) is 14.3. The van der Waals surface area contributed by atoms with E-state index < -0.39 is 5.43 Å². The third-order valence-electron chi connectivity index (χ3n) is 3.03. The standard InChI is InChI=1S/C14H12N2O4/c1-18-10-5-3-4-8-12(10)20-13-9(16-8)6-7(15)11(17)14(13)19-2/h3-6H,15H2,1-2H3. The van der Waals surface area contributed by atoms with Gasteiger partial charge < -0.3 is 19.6 Å². The molecule has 20 heavy (non-hydrogen) atoms. The van der Waals surface area contributed by atoms with Crippen molar-refractivity contribution in [2.75, 3.05) is 20.0 Å². The van der Waals surface area contributed by atoms with Gasteiger partial charge in [0.15, 0.2) is 17.1 Å². The molecular formula is C14H12N2O4. The average molecular weight is 272 g/mol. The molecule has 0 fully saturated rings. The number of aromatic nitrogens is 1. The summed E-state index contributed by atoms with van der Waals surface area (Å²) in [5.41, 5.74) is 6.83. The van der Waals surface area contributed by atoms with Crippen molar-refractivity contribution in [1.82, 2.24) is 4.98 Å². The van der Waals surface area contributed by atoms with Crippen molar-refractivity contribution >= 4 is 16.8 Å². The molecule has 2 aliphatic rings. The van der Waals surface area contributed by atoms with Gasteiger partial charge in [0.2, 0.25) is 11.2 Å². The molecule has 0 aromatic heterocycles. The maximum Gasteiger partial charge on any atom is 0.247 e. The van der Waals surface area contributed by atoms with Gasteiger partial charge in [-0.1, -0.05) is 6.07 Å². The highest BCUT2D eigenvalue weighted by molar-refractivity contribution is 5.83. The van der Waals surface area contributed by atoms with Crippen molar-refractivity contribution in [1.29, 1.82) is 0 Å². The van der Waals surface area contributed by atoms with Crippen LogP contribution in [0, 0.1) is 0 Å². The summed E-state index contributed by atoms with van der Waals surface area (Å²) >= 11 is 0. The van der Waals surface area contributed by atoms with Crippen molar-refractivity contribution in [3.05, 3.63) is 34.5 Å². The Balaban J connectivity index is 2.49. The van der Waals surface area contributed by atoms with Gasteiger partial charge in [-0.2, -0.15) is 0 Å². The molecule has 0 atom stereocenters. The van der Waals surface area contributed by atoms with Gasteiger partial charge in [0.25, 0.3) is 0 Å². The van der Waals surface area contributed by atoms with Crippen LogP contribution in [0.4, 0.5) is 5.69 Å². The largest absolute Gasteiger partial charge is 0.493 e. The van der Waals surface area contributed by atoms with E-state index in [1.165, 1.54) is 20.3 Å². The number of anilines is 1. The van der Waals surface area contributed by atoms with Crippen LogP contribution in [-0.2, 0) is 0 Å². The molecule has 1 aliphatic heterocycles. The number of hydrogen-bond donors (Lipinski definition) is 1. The molecule has 0 amide bonds. The lowest BCUT2D eigenvalue weighted by molar-refractivity contribution is 0.392. The van der Waals surface area contributed by atoms with E-state index in [4.69, 9.17) is 19.6 Å². The monoisotopic (exact) mass is 272 g/mol. The van der Waals surface area contributed by atoms with Crippen LogP contribution in [0.5, 0.6) is 11.5 Å². The summed E-state index contributed by atoms with van der Waals surface area (Å²) in [7, 11) is 2.92. The fourth-order valence-electron chi connectivity index (χ4n) is 2.08. The predicted octanol–water partition coefficient (Wildman–Crippen LogP) is 1.89. The summed E-state index contributed by atoms with van der Waals surface area (Å²) in [5, 5.41) is 0. The summed E-state index contributed by atoms with van der Waals surface area (Å²) < 4.78 is 16.1. The molecule has 1 aromatic rings. The van der Waals surface area contributed by atoms with Crippen molar-refractivity contribution in [3.8, 4) is 23.0 Å². The zero-order valence-electron chi connectivity index (χ0n) is 11.0. The maximum absolute atomic E-state index is 11.9. The molecule has 0 saturated heterocycles. The number of hydrogen-bond acceptors (Lipinski definition) is 6. The molecule has 0 bridgehead atoms. The quantitative estimate of drug-likeness (QED) is 0.566. The predicted molar refractivity (Wildman–Crippen MR) is 74.4 cm³/mol. The fraction of sp³-hybridized carbons (Fsp3) is 0.143. The van der Waals surface area contributed by atoms with Crippen LogP contribution in [0.15, 0.2) is 33.5 Å². The number of nitrogen functional groups attached to an aromatic ring is 1. The van der Waals surface area contributed by atoms with Crippen molar-refractivity contribution in [2.24, 2.45) is 0 Å². The molecule has 1 aliphatic carbocycles. The van der Waals surface area contributed by atoms with Gasteiger partial charge >= 0.3 is 0 Å². The Kier molecular flexibility index (Phi) is 2.71. The number of ether oxygens (including phenoxy) is 2. The molecule has 0 spiro atoms. The van der Waals surface area contributed by atoms with Gasteiger partial charge in [0.1, 0.15) is 11.2 Å². The minimum absolute atomic E-state index is 0.0420. The fourth-order valence-corrected chi connectivity index (χ4v) is 2.08. The zero-order valence-corrected chi connectivity index (χ0v) is 11.0. The summed E-state index contributed by atoms with van der Waals surface area (Å²) in [4.78, 5) is 16.4. The Labute approximate surface area is 114 Å². The van der Waals surface area contributed by atoms with E-state index in [-0.39, 0.29) is 17.2 Å². The minimum Gasteiger partial charge on any atom is -0.493 e. The molecule has 3 rings (SSSR count). The summed E-state index contributed by atoms with van der Waals surface area (Å²) in [6.07, 6.45) is 0. The molecule has 6 nitrogen and oxygen atoms in total. The van der Waals surface area contributed by atoms with E-state index in [1.807, 2.05) is 0 Å². The summed E-state index contributed by atoms with van der Waals surface area (Å²) in [5.74, 6) is 0.826. The van der Waals surface area contributed by atoms with Gasteiger partial charge in [-0.3, -0.25) is 4.79 Å². The minimum atomic E-state index is -0.417. The van der Waals surface area contributed by atoms with Gasteiger partial charge in [-0.15, -0.1) is 0 Å². The SMILES string of the molecule is COc1c2oc3c(OC)cccc3nc-2cc(N)c1=O. The van der Waals surface area contributed by atoms with Crippen molar-refractivity contribution in [2.45, 2.75) is 0 Å². The van der Waals surface area contributed by atoms with Gasteiger partial charge in [-0.05, 0) is 18.2 Å². The first-order valence-electron chi connectivity index (χ1n) is 5.89. The van der Waals surface area contributed by atoms with Gasteiger partial charge in [0, 0.05) is 0 Å². The highest BCUT2D eigenvalue weighted by Crippen LogP contribution is 2.35. The molecule has 102 valence electrons. The molecule has 0 radical (unpaired) electrons. The lowest BCUT2D eigenvalue weighted by Crippen LogP contribution is -2.13. The number of nitrogens with two attached hydrogens (primary N) is 1. The smallest absolute Gasteiger partial charge is 0.247 e. The Morgan fingerprint density at radius 2 is 2.05 bits per heavy atom. The van der Waals surface area contributed by atoms with Gasteiger partial charge in [0.05, 0.1) is 19.9 Å². The molecule has 0 saturated carbocycles. The van der Waals surface area contributed by atoms with E-state index in [2.05, 4.69) is 4.98 Å². The topological polar surface area (TPSA) is 87.6 Å². The number of nitrogens with zero attached hydrogens (tertiary/aromatic N) is 1. The second-order valence-electron chi connectivity index (χ2n) is 4.20. The second kappa shape index (κ2) is 4.41. The van der Waals surface area contributed by atoms with E-state index in [9.17, 15) is 4.79 Å². The number of methoxy groups -OCH3 is 2. The third-order valence-corrected chi connectivity index (χ3v) is 3.03. The average Bonchev–Trinajstić information content (AvgIpc) is 2.46. The van der Waals surface area contributed by atoms with Gasteiger partial charge in [-0.25, -0.2) is 4.98 Å². The molecular weight excluding hydrogens is 260 g/mol. The van der Waals surface area contributed by atoms with Crippen LogP contribution in [0.1, 0.15) is 0 Å². The van der Waals surface area contributed by atoms with Crippen molar-refractivity contribution < 1.29 is 13.9 Å². The van der Waals surface area contributed by atoms with E-state index in [0.29, 0.717) is 22.5 Å². The third kappa shape index (κ3) is 1.65. The van der Waals surface area contributed by atoms with E-state index in [1.54, 1.807) is 18.2 Å². The first kappa shape index (κ1) is 12.3. The molecule has 1 heterocycles. The lowest BCUT2D eigenvalue weighted by Gasteiger charge is -2.12. The Morgan fingerprint density at radius 3 is 2.75 bits per heavy atom. The number of para-hydroxylation sites is 1. The van der Waals surface area contributed by atoms with Crippen LogP contribution >= 0.6 is 0 Å². The second-order valence-corrected chi connectivity index (χ2v) is 4.20. The van der Waals surface area contributed by atoms with Crippen molar-refractivity contribution in [3.63, 3.8) is 0 Å².